The fraction of sp³-hybridized carbons (Fsp3) is 0.425. The average Bonchev–Trinajstić information content (AvgIpc) is 3.56. The van der Waals surface area contributed by atoms with Gasteiger partial charge in [0, 0.05) is 30.3 Å². The van der Waals surface area contributed by atoms with Crippen LogP contribution in [0.15, 0.2) is 89.9 Å². The Kier molecular flexibility index (Phi) is 14.0. The number of nitrogens with one attached hydrogen (secondary N) is 1. The van der Waals surface area contributed by atoms with E-state index in [4.69, 9.17) is 40.2 Å². The van der Waals surface area contributed by atoms with Crippen molar-refractivity contribution in [2.45, 2.75) is 83.6 Å². The van der Waals surface area contributed by atoms with Crippen LogP contribution in [0.2, 0.25) is 0 Å². The first-order valence-corrected chi connectivity index (χ1v) is 19.3. The molecule has 0 aliphatic carbocycles. The third kappa shape index (κ3) is 9.25. The summed E-state index contributed by atoms with van der Waals surface area (Å²) in [5.41, 5.74) is 1.85. The molecule has 0 radical (unpaired) electrons. The van der Waals surface area contributed by atoms with Gasteiger partial charge in [0.05, 0.1) is 46.0 Å². The summed E-state index contributed by atoms with van der Waals surface area (Å²) in [4.78, 5) is 15.2. The van der Waals surface area contributed by atoms with E-state index in [-0.39, 0.29) is 42.0 Å². The molecule has 1 aliphatic rings. The van der Waals surface area contributed by atoms with E-state index < -0.39 is 32.6 Å². The number of rotatable bonds is 17. The van der Waals surface area contributed by atoms with E-state index in [2.05, 4.69) is 55.6 Å². The molecule has 53 heavy (non-hydrogen) atoms. The first kappa shape index (κ1) is 40.3. The van der Waals surface area contributed by atoms with E-state index in [1.807, 2.05) is 66.7 Å². The van der Waals surface area contributed by atoms with Crippen LogP contribution in [0.3, 0.4) is 0 Å². The molecule has 3 aromatic carbocycles. The summed E-state index contributed by atoms with van der Waals surface area (Å²) in [7, 11) is 1.67. The summed E-state index contributed by atoms with van der Waals surface area (Å²) < 4.78 is 42.6. The first-order valence-electron chi connectivity index (χ1n) is 17.7. The molecule has 1 saturated heterocycles. The highest BCUT2D eigenvalue weighted by atomic mass is 32.1. The highest BCUT2D eigenvalue weighted by Gasteiger charge is 2.45. The summed E-state index contributed by atoms with van der Waals surface area (Å²) in [5.74, 6) is 1.44. The Bertz CT molecular complexity index is 1870. The number of H-pyrrole nitrogens is 1. The molecule has 1 unspecified atom stereocenters. The Morgan fingerprint density at radius 1 is 0.962 bits per heavy atom. The van der Waals surface area contributed by atoms with Crippen LogP contribution in [0.5, 0.6) is 11.5 Å². The number of aromatic amines is 1. The van der Waals surface area contributed by atoms with E-state index in [0.717, 1.165) is 28.2 Å². The van der Waals surface area contributed by atoms with Crippen LogP contribution in [0.4, 0.5) is 0 Å². The van der Waals surface area contributed by atoms with Crippen LogP contribution in [0.25, 0.3) is 0 Å². The van der Waals surface area contributed by atoms with Crippen LogP contribution >= 0.6 is 20.7 Å². The van der Waals surface area contributed by atoms with Crippen LogP contribution in [0.1, 0.15) is 69.0 Å². The minimum atomic E-state index is -1.62. The SMILES string of the molecule is COc1ccc(C(OC[C@H]2O[C@@H](n3cc(C)c(=O)[nH]c3=S)C[C@@H]2OP(OCCC#N)N(C(C)C)C(C)C)(c2ccccc2)c2ccc(OC)cc2)cc1. The van der Waals surface area contributed by atoms with Gasteiger partial charge in [0.25, 0.3) is 14.1 Å². The normalized spacial score (nSPS) is 18.0. The van der Waals surface area contributed by atoms with Crippen LogP contribution in [-0.4, -0.2) is 65.9 Å². The van der Waals surface area contributed by atoms with Gasteiger partial charge in [0.1, 0.15) is 29.4 Å². The van der Waals surface area contributed by atoms with Crippen molar-refractivity contribution in [2.75, 3.05) is 27.4 Å². The number of aryl methyl sites for hydroxylation is 1. The Balaban J connectivity index is 1.60. The van der Waals surface area contributed by atoms with Crippen molar-refractivity contribution in [1.29, 1.82) is 5.26 Å². The van der Waals surface area contributed by atoms with E-state index in [0.29, 0.717) is 12.0 Å². The second kappa shape index (κ2) is 18.4. The van der Waals surface area contributed by atoms with Gasteiger partial charge in [0.2, 0.25) is 0 Å². The van der Waals surface area contributed by atoms with Crippen molar-refractivity contribution >= 4 is 20.7 Å². The molecule has 0 bridgehead atoms. The maximum absolute atomic E-state index is 12.4. The minimum absolute atomic E-state index is 0.0994. The van der Waals surface area contributed by atoms with Crippen molar-refractivity contribution in [3.05, 3.63) is 122 Å². The molecular weight excluding hydrogens is 712 g/mol. The van der Waals surface area contributed by atoms with Crippen molar-refractivity contribution in [3.8, 4) is 17.6 Å². The van der Waals surface area contributed by atoms with Gasteiger partial charge in [-0.25, -0.2) is 4.67 Å². The molecule has 2 heterocycles. The van der Waals surface area contributed by atoms with E-state index in [1.165, 1.54) is 0 Å². The van der Waals surface area contributed by atoms with Crippen molar-refractivity contribution in [1.82, 2.24) is 14.2 Å². The molecule has 0 spiro atoms. The number of nitrogens with zero attached hydrogens (tertiary/aromatic N) is 3. The van der Waals surface area contributed by atoms with Crippen molar-refractivity contribution in [3.63, 3.8) is 0 Å². The number of nitriles is 1. The highest BCUT2D eigenvalue weighted by molar-refractivity contribution is 7.71. The summed E-state index contributed by atoms with van der Waals surface area (Å²) in [6, 6.07) is 28.2. The lowest BCUT2D eigenvalue weighted by Crippen LogP contribution is -2.39. The molecule has 1 aromatic heterocycles. The molecule has 4 atom stereocenters. The largest absolute Gasteiger partial charge is 0.497 e. The van der Waals surface area contributed by atoms with Gasteiger partial charge >= 0.3 is 0 Å². The number of hydrogen-bond donors (Lipinski definition) is 1. The number of aromatic nitrogens is 2. The molecule has 282 valence electrons. The standard InChI is InChI=1S/C40H49N4O7PS/c1-27(2)44(28(3)4)52(49-23-11-22-41)51-35-24-37(43-25-29(5)38(45)42-39(43)53)50-36(35)26-48-40(30-12-9-8-10-13-30,31-14-18-33(46-6)19-15-31)32-16-20-34(47-7)21-17-32/h8-10,12-21,25,27-28,35-37H,11,23-24,26H2,1-7H3,(H,42,45,53)/t35-,36+,37+,52?/m0/s1. The first-order chi connectivity index (χ1) is 25.5. The number of methoxy groups -OCH3 is 2. The molecular formula is C40H49N4O7PS. The predicted octanol–water partition coefficient (Wildman–Crippen LogP) is 8.19. The number of benzene rings is 3. The van der Waals surface area contributed by atoms with Gasteiger partial charge in [-0.2, -0.15) is 5.26 Å². The third-order valence-corrected chi connectivity index (χ3v) is 11.6. The zero-order chi connectivity index (χ0) is 38.1. The molecule has 11 nitrogen and oxygen atoms in total. The Labute approximate surface area is 318 Å². The Morgan fingerprint density at radius 2 is 1.53 bits per heavy atom. The van der Waals surface area contributed by atoms with Crippen LogP contribution in [-0.2, 0) is 24.1 Å². The maximum Gasteiger partial charge on any atom is 0.259 e. The van der Waals surface area contributed by atoms with Crippen molar-refractivity contribution in [2.24, 2.45) is 0 Å². The molecule has 1 fully saturated rings. The molecule has 1 N–H and O–H groups in total. The predicted molar refractivity (Wildman–Crippen MR) is 208 cm³/mol. The number of hydrogen-bond acceptors (Lipinski definition) is 10. The summed E-state index contributed by atoms with van der Waals surface area (Å²) >= 11 is 5.61. The molecule has 5 rings (SSSR count). The average molecular weight is 761 g/mol. The lowest BCUT2D eigenvalue weighted by Gasteiger charge is -2.39. The monoisotopic (exact) mass is 760 g/mol. The van der Waals surface area contributed by atoms with Crippen molar-refractivity contribution < 1.29 is 28.0 Å². The zero-order valence-corrected chi connectivity index (χ0v) is 33.1. The summed E-state index contributed by atoms with van der Waals surface area (Å²) in [5, 5.41) is 9.31. The second-order valence-corrected chi connectivity index (χ2v) is 15.1. The van der Waals surface area contributed by atoms with Gasteiger partial charge in [0.15, 0.2) is 4.77 Å². The van der Waals surface area contributed by atoms with E-state index in [9.17, 15) is 10.1 Å². The Morgan fingerprint density at radius 3 is 2.06 bits per heavy atom. The topological polar surface area (TPSA) is 120 Å². The fourth-order valence-electron chi connectivity index (χ4n) is 6.62. The second-order valence-electron chi connectivity index (χ2n) is 13.3. The maximum atomic E-state index is 12.4. The molecule has 0 saturated carbocycles. The van der Waals surface area contributed by atoms with Crippen LogP contribution in [0, 0.1) is 23.0 Å². The Hall–Kier alpha value is -3.92. The van der Waals surface area contributed by atoms with Gasteiger partial charge in [-0.05, 0) is 87.8 Å². The summed E-state index contributed by atoms with van der Waals surface area (Å²) in [6.07, 6.45) is 0.684. The van der Waals surface area contributed by atoms with Gasteiger partial charge in [-0.1, -0.05) is 54.6 Å². The molecule has 1 aliphatic heterocycles. The molecule has 0 amide bonds. The highest BCUT2D eigenvalue weighted by Crippen LogP contribution is 2.51. The zero-order valence-electron chi connectivity index (χ0n) is 31.4. The molecule has 13 heteroatoms. The lowest BCUT2D eigenvalue weighted by atomic mass is 9.80. The van der Waals surface area contributed by atoms with E-state index in [1.54, 1.807) is 31.9 Å². The van der Waals surface area contributed by atoms with Gasteiger partial charge in [-0.15, -0.1) is 0 Å². The minimum Gasteiger partial charge on any atom is -0.497 e. The fourth-order valence-corrected chi connectivity index (χ4v) is 8.64. The quantitative estimate of drug-likeness (QED) is 0.0488. The third-order valence-electron chi connectivity index (χ3n) is 9.16. The smallest absolute Gasteiger partial charge is 0.259 e. The van der Waals surface area contributed by atoms with Gasteiger partial charge in [-0.3, -0.25) is 14.3 Å². The van der Waals surface area contributed by atoms with Gasteiger partial charge < -0.3 is 28.0 Å². The number of ether oxygens (including phenoxy) is 4. The van der Waals surface area contributed by atoms with E-state index >= 15 is 0 Å². The summed E-state index contributed by atoms with van der Waals surface area (Å²) in [6.45, 7) is 10.5. The van der Waals surface area contributed by atoms with Crippen LogP contribution < -0.4 is 15.0 Å². The molecule has 4 aromatic rings. The lowest BCUT2D eigenvalue weighted by molar-refractivity contribution is -0.0922.